The molecule has 0 saturated heterocycles. The van der Waals surface area contributed by atoms with Crippen molar-refractivity contribution < 1.29 is 0 Å². The van der Waals surface area contributed by atoms with Crippen LogP contribution in [0.3, 0.4) is 0 Å². The average Bonchev–Trinajstić information content (AvgIpc) is 2.57. The molecule has 76 valence electrons. The molecule has 3 nitrogen and oxygen atoms in total. The molecular weight excluding hydrogens is 242 g/mol. The number of nitrogens with zero attached hydrogens (tertiary/aromatic N) is 2. The molecule has 0 amide bonds. The van der Waals surface area contributed by atoms with Gasteiger partial charge in [0.05, 0.1) is 11.4 Å². The van der Waals surface area contributed by atoms with E-state index in [2.05, 4.69) is 63.5 Å². The smallest absolute Gasteiger partial charge is 0.0927 e. The van der Waals surface area contributed by atoms with Gasteiger partial charge in [0.1, 0.15) is 0 Å². The second-order valence-electron chi connectivity index (χ2n) is 3.20. The van der Waals surface area contributed by atoms with Gasteiger partial charge in [0.2, 0.25) is 0 Å². The van der Waals surface area contributed by atoms with Crippen molar-refractivity contribution in [2.45, 2.75) is 13.8 Å². The molecule has 0 atom stereocenters. The summed E-state index contributed by atoms with van der Waals surface area (Å²) in [6, 6.07) is 6.26. The lowest BCUT2D eigenvalue weighted by molar-refractivity contribution is 0.636. The molecule has 0 aromatic heterocycles. The predicted molar refractivity (Wildman–Crippen MR) is 63.3 cm³/mol. The number of benzene rings is 1. The van der Waals surface area contributed by atoms with Crippen LogP contribution in [0.1, 0.15) is 13.8 Å². The molecule has 1 aromatic carbocycles. The summed E-state index contributed by atoms with van der Waals surface area (Å²) in [5.41, 5.74) is 5.81. The van der Waals surface area contributed by atoms with E-state index in [-0.39, 0.29) is 0 Å². The van der Waals surface area contributed by atoms with Gasteiger partial charge in [0, 0.05) is 17.6 Å². The molecule has 1 N–H and O–H groups in total. The summed E-state index contributed by atoms with van der Waals surface area (Å²) in [6.45, 7) is 6.18. The molecule has 4 heteroatoms. The fraction of sp³-hybridized carbons (Fsp3) is 0.400. The molecule has 2 rings (SSSR count). The van der Waals surface area contributed by atoms with E-state index < -0.39 is 0 Å². The number of hydrogen-bond donors (Lipinski definition) is 1. The standard InChI is InChI=1S/C10H14BrN3/c1-3-13-9-7-5-6-8(11)10(9)14(4-2)12-13/h5-7,12H,3-4H2,1-2H3. The van der Waals surface area contributed by atoms with Gasteiger partial charge in [0.25, 0.3) is 0 Å². The third kappa shape index (κ3) is 1.38. The molecule has 0 radical (unpaired) electrons. The molecule has 1 aliphatic rings. The van der Waals surface area contributed by atoms with E-state index >= 15 is 0 Å². The van der Waals surface area contributed by atoms with Gasteiger partial charge in [0.15, 0.2) is 0 Å². The minimum Gasteiger partial charge on any atom is -0.289 e. The van der Waals surface area contributed by atoms with Gasteiger partial charge < -0.3 is 0 Å². The molecular formula is C10H14BrN3. The van der Waals surface area contributed by atoms with Gasteiger partial charge in [-0.1, -0.05) is 6.07 Å². The number of anilines is 2. The Morgan fingerprint density at radius 3 is 2.57 bits per heavy atom. The monoisotopic (exact) mass is 255 g/mol. The van der Waals surface area contributed by atoms with Gasteiger partial charge in [-0.2, -0.15) is 0 Å². The van der Waals surface area contributed by atoms with E-state index in [1.165, 1.54) is 11.4 Å². The molecule has 0 spiro atoms. The SMILES string of the molecule is CCN1NN(CC)c2c(Br)cccc21. The van der Waals surface area contributed by atoms with Crippen molar-refractivity contribution in [2.75, 3.05) is 23.1 Å². The third-order valence-corrected chi connectivity index (χ3v) is 3.04. The van der Waals surface area contributed by atoms with Crippen LogP contribution in [0.25, 0.3) is 0 Å². The molecule has 0 bridgehead atoms. The van der Waals surface area contributed by atoms with Crippen LogP contribution in [0.2, 0.25) is 0 Å². The van der Waals surface area contributed by atoms with Crippen LogP contribution >= 0.6 is 15.9 Å². The lowest BCUT2D eigenvalue weighted by atomic mass is 10.2. The van der Waals surface area contributed by atoms with Crippen LogP contribution in [0.15, 0.2) is 22.7 Å². The zero-order valence-corrected chi connectivity index (χ0v) is 10.0. The highest BCUT2D eigenvalue weighted by molar-refractivity contribution is 9.10. The number of hydrogen-bond acceptors (Lipinski definition) is 3. The number of hydrazine groups is 2. The summed E-state index contributed by atoms with van der Waals surface area (Å²) in [6.07, 6.45) is 0. The van der Waals surface area contributed by atoms with Crippen molar-refractivity contribution in [1.29, 1.82) is 0 Å². The number of halogens is 1. The summed E-state index contributed by atoms with van der Waals surface area (Å²) < 4.78 is 1.14. The first-order valence-corrected chi connectivity index (χ1v) is 5.67. The molecule has 1 heterocycles. The first-order valence-electron chi connectivity index (χ1n) is 4.87. The Bertz CT molecular complexity index is 340. The van der Waals surface area contributed by atoms with Crippen LogP contribution in [-0.4, -0.2) is 13.1 Å². The first kappa shape index (κ1) is 9.80. The van der Waals surface area contributed by atoms with E-state index in [0.29, 0.717) is 0 Å². The second kappa shape index (κ2) is 3.79. The van der Waals surface area contributed by atoms with Gasteiger partial charge in [-0.15, -0.1) is 5.53 Å². The topological polar surface area (TPSA) is 18.5 Å². The quantitative estimate of drug-likeness (QED) is 0.877. The van der Waals surface area contributed by atoms with E-state index in [0.717, 1.165) is 17.6 Å². The number of para-hydroxylation sites is 1. The minimum absolute atomic E-state index is 0.951. The maximum atomic E-state index is 3.58. The van der Waals surface area contributed by atoms with Gasteiger partial charge >= 0.3 is 0 Å². The summed E-state index contributed by atoms with van der Waals surface area (Å²) in [5, 5.41) is 4.28. The zero-order valence-electron chi connectivity index (χ0n) is 8.42. The van der Waals surface area contributed by atoms with E-state index in [4.69, 9.17) is 0 Å². The predicted octanol–water partition coefficient (Wildman–Crippen LogP) is 2.53. The van der Waals surface area contributed by atoms with Crippen molar-refractivity contribution >= 4 is 27.3 Å². The van der Waals surface area contributed by atoms with E-state index in [1.54, 1.807) is 0 Å². The summed E-state index contributed by atoms with van der Waals surface area (Å²) >= 11 is 3.58. The fourth-order valence-corrected chi connectivity index (χ4v) is 2.28. The molecule has 1 aromatic rings. The van der Waals surface area contributed by atoms with Crippen LogP contribution in [0.4, 0.5) is 11.4 Å². The van der Waals surface area contributed by atoms with Crippen LogP contribution < -0.4 is 15.6 Å². The normalized spacial score (nSPS) is 14.8. The fourth-order valence-electron chi connectivity index (χ4n) is 1.71. The minimum atomic E-state index is 0.951. The van der Waals surface area contributed by atoms with Crippen molar-refractivity contribution in [2.24, 2.45) is 0 Å². The second-order valence-corrected chi connectivity index (χ2v) is 4.05. The molecule has 0 fully saturated rings. The van der Waals surface area contributed by atoms with Gasteiger partial charge in [-0.3, -0.25) is 10.0 Å². The Balaban J connectivity index is 2.47. The maximum absolute atomic E-state index is 3.58. The van der Waals surface area contributed by atoms with Gasteiger partial charge in [-0.05, 0) is 41.9 Å². The number of rotatable bonds is 2. The molecule has 0 unspecified atom stereocenters. The summed E-state index contributed by atoms with van der Waals surface area (Å²) in [4.78, 5) is 0. The lowest BCUT2D eigenvalue weighted by Gasteiger charge is -2.20. The largest absolute Gasteiger partial charge is 0.289 e. The van der Waals surface area contributed by atoms with Gasteiger partial charge in [-0.25, -0.2) is 0 Å². The average molecular weight is 256 g/mol. The maximum Gasteiger partial charge on any atom is 0.0927 e. The zero-order chi connectivity index (χ0) is 10.1. The molecule has 14 heavy (non-hydrogen) atoms. The van der Waals surface area contributed by atoms with Crippen LogP contribution in [0.5, 0.6) is 0 Å². The Morgan fingerprint density at radius 1 is 1.21 bits per heavy atom. The summed E-state index contributed by atoms with van der Waals surface area (Å²) in [5.74, 6) is 0. The third-order valence-electron chi connectivity index (χ3n) is 2.40. The molecule has 0 saturated carbocycles. The van der Waals surface area contributed by atoms with Crippen LogP contribution in [0, 0.1) is 0 Å². The van der Waals surface area contributed by atoms with E-state index in [9.17, 15) is 0 Å². The highest BCUT2D eigenvalue weighted by Crippen LogP contribution is 2.38. The summed E-state index contributed by atoms with van der Waals surface area (Å²) in [7, 11) is 0. The Kier molecular flexibility index (Phi) is 2.65. The van der Waals surface area contributed by atoms with Crippen molar-refractivity contribution in [3.8, 4) is 0 Å². The first-order chi connectivity index (χ1) is 6.77. The molecule has 1 aliphatic heterocycles. The number of fused-ring (bicyclic) bond motifs is 1. The lowest BCUT2D eigenvalue weighted by Crippen LogP contribution is -2.44. The Morgan fingerprint density at radius 2 is 1.93 bits per heavy atom. The highest BCUT2D eigenvalue weighted by atomic mass is 79.9. The Labute approximate surface area is 92.8 Å². The van der Waals surface area contributed by atoms with Crippen LogP contribution in [-0.2, 0) is 0 Å². The number of nitrogens with one attached hydrogen (secondary N) is 1. The Hall–Kier alpha value is -0.740. The van der Waals surface area contributed by atoms with Crippen molar-refractivity contribution in [1.82, 2.24) is 5.53 Å². The van der Waals surface area contributed by atoms with Crippen molar-refractivity contribution in [3.63, 3.8) is 0 Å². The van der Waals surface area contributed by atoms with Crippen molar-refractivity contribution in [3.05, 3.63) is 22.7 Å². The molecule has 0 aliphatic carbocycles. The van der Waals surface area contributed by atoms with E-state index in [1.807, 2.05) is 0 Å². The highest BCUT2D eigenvalue weighted by Gasteiger charge is 2.24.